The van der Waals surface area contributed by atoms with Crippen LogP contribution >= 0.6 is 0 Å². The third-order valence-electron chi connectivity index (χ3n) is 4.99. The van der Waals surface area contributed by atoms with Crippen molar-refractivity contribution in [3.8, 4) is 17.3 Å². The highest BCUT2D eigenvalue weighted by Gasteiger charge is 2.32. The minimum atomic E-state index is -0.0739. The van der Waals surface area contributed by atoms with Gasteiger partial charge in [0.05, 0.1) is 12.1 Å². The number of benzene rings is 1. The summed E-state index contributed by atoms with van der Waals surface area (Å²) in [5.41, 5.74) is 1.35. The van der Waals surface area contributed by atoms with Crippen LogP contribution in [0.4, 0.5) is 0 Å². The number of rotatable bonds is 4. The molecule has 0 aliphatic carbocycles. The fourth-order valence-electron chi connectivity index (χ4n) is 3.50. The zero-order chi connectivity index (χ0) is 19.3. The molecule has 1 saturated heterocycles. The van der Waals surface area contributed by atoms with E-state index in [-0.39, 0.29) is 18.1 Å². The predicted octanol–water partition coefficient (Wildman–Crippen LogP) is 3.61. The molecule has 6 heteroatoms. The Morgan fingerprint density at radius 1 is 0.964 bits per heavy atom. The summed E-state index contributed by atoms with van der Waals surface area (Å²) in [5, 5.41) is 0. The van der Waals surface area contributed by atoms with Gasteiger partial charge in [0.25, 0.3) is 5.91 Å². The molecule has 4 rings (SSSR count). The number of piperidine rings is 1. The van der Waals surface area contributed by atoms with Gasteiger partial charge in [0.2, 0.25) is 5.88 Å². The minimum absolute atomic E-state index is 0.0233. The highest BCUT2D eigenvalue weighted by molar-refractivity contribution is 6.00. The van der Waals surface area contributed by atoms with E-state index in [1.54, 1.807) is 24.7 Å². The first-order valence-corrected chi connectivity index (χ1v) is 9.47. The second-order valence-corrected chi connectivity index (χ2v) is 6.91. The molecule has 28 heavy (non-hydrogen) atoms. The molecule has 2 atom stereocenters. The van der Waals surface area contributed by atoms with Crippen molar-refractivity contribution in [2.24, 2.45) is 0 Å². The molecule has 1 aromatic carbocycles. The highest BCUT2D eigenvalue weighted by atomic mass is 16.5. The van der Waals surface area contributed by atoms with Gasteiger partial charge in [-0.05, 0) is 38.0 Å². The standard InChI is InChI=1S/C22H22N4O2/c1-16-10-11-17(28-20-9-4-5-12-23-20)15-26(16)22(27)19-8-3-2-7-18(19)21-24-13-6-14-25-21/h2-9,12-14,16-17H,10-11,15H2,1H3/t16-,17-/m1/s1. The van der Waals surface area contributed by atoms with E-state index < -0.39 is 0 Å². The third kappa shape index (κ3) is 3.86. The maximum absolute atomic E-state index is 13.4. The summed E-state index contributed by atoms with van der Waals surface area (Å²) in [5.74, 6) is 1.12. The molecule has 0 N–H and O–H groups in total. The molecule has 0 saturated carbocycles. The fourth-order valence-corrected chi connectivity index (χ4v) is 3.50. The van der Waals surface area contributed by atoms with Crippen LogP contribution in [0.2, 0.25) is 0 Å². The Kier molecular flexibility index (Phi) is 5.28. The molecule has 142 valence electrons. The number of likely N-dealkylation sites (tertiary alicyclic amines) is 1. The summed E-state index contributed by atoms with van der Waals surface area (Å²) in [6.45, 7) is 2.61. The van der Waals surface area contributed by atoms with Crippen LogP contribution in [0.25, 0.3) is 11.4 Å². The quantitative estimate of drug-likeness (QED) is 0.698. The molecule has 1 aliphatic rings. The Morgan fingerprint density at radius 3 is 2.50 bits per heavy atom. The van der Waals surface area contributed by atoms with Gasteiger partial charge in [0.1, 0.15) is 6.10 Å². The van der Waals surface area contributed by atoms with Crippen molar-refractivity contribution < 1.29 is 9.53 Å². The number of hydrogen-bond donors (Lipinski definition) is 0. The van der Waals surface area contributed by atoms with Crippen molar-refractivity contribution in [1.82, 2.24) is 19.9 Å². The average Bonchev–Trinajstić information content (AvgIpc) is 2.76. The fraction of sp³-hybridized carbons (Fsp3) is 0.273. The van der Waals surface area contributed by atoms with Gasteiger partial charge in [-0.15, -0.1) is 0 Å². The molecule has 1 fully saturated rings. The largest absolute Gasteiger partial charge is 0.472 e. The number of aromatic nitrogens is 3. The number of pyridine rings is 1. The highest BCUT2D eigenvalue weighted by Crippen LogP contribution is 2.26. The van der Waals surface area contributed by atoms with E-state index in [0.29, 0.717) is 23.8 Å². The van der Waals surface area contributed by atoms with Crippen LogP contribution in [0.5, 0.6) is 5.88 Å². The molecule has 0 spiro atoms. The number of carbonyl (C=O) groups excluding carboxylic acids is 1. The summed E-state index contributed by atoms with van der Waals surface area (Å²) in [4.78, 5) is 28.1. The van der Waals surface area contributed by atoms with E-state index in [2.05, 4.69) is 21.9 Å². The van der Waals surface area contributed by atoms with E-state index >= 15 is 0 Å². The van der Waals surface area contributed by atoms with Crippen molar-refractivity contribution in [2.75, 3.05) is 6.54 Å². The molecule has 2 aromatic heterocycles. The van der Waals surface area contributed by atoms with Crippen LogP contribution in [0, 0.1) is 0 Å². The van der Waals surface area contributed by atoms with Crippen LogP contribution in [-0.2, 0) is 0 Å². The van der Waals surface area contributed by atoms with E-state index in [0.717, 1.165) is 18.4 Å². The first-order chi connectivity index (χ1) is 13.7. The Morgan fingerprint density at radius 2 is 1.71 bits per heavy atom. The van der Waals surface area contributed by atoms with Crippen LogP contribution in [0.1, 0.15) is 30.1 Å². The number of nitrogens with zero attached hydrogens (tertiary/aromatic N) is 4. The van der Waals surface area contributed by atoms with Gasteiger partial charge < -0.3 is 9.64 Å². The lowest BCUT2D eigenvalue weighted by Crippen LogP contribution is -2.49. The molecule has 1 amide bonds. The maximum Gasteiger partial charge on any atom is 0.254 e. The smallest absolute Gasteiger partial charge is 0.254 e. The van der Waals surface area contributed by atoms with Gasteiger partial charge >= 0.3 is 0 Å². The van der Waals surface area contributed by atoms with Gasteiger partial charge in [0, 0.05) is 36.3 Å². The molecule has 3 aromatic rings. The molecule has 6 nitrogen and oxygen atoms in total. The second-order valence-electron chi connectivity index (χ2n) is 6.91. The third-order valence-corrected chi connectivity index (χ3v) is 4.99. The van der Waals surface area contributed by atoms with Crippen molar-refractivity contribution in [3.63, 3.8) is 0 Å². The summed E-state index contributed by atoms with van der Waals surface area (Å²) in [6.07, 6.45) is 6.78. The van der Waals surface area contributed by atoms with E-state index in [1.807, 2.05) is 47.4 Å². The van der Waals surface area contributed by atoms with Gasteiger partial charge in [-0.2, -0.15) is 0 Å². The van der Waals surface area contributed by atoms with Gasteiger partial charge in [-0.25, -0.2) is 15.0 Å². The van der Waals surface area contributed by atoms with Crippen molar-refractivity contribution in [1.29, 1.82) is 0 Å². The number of carbonyl (C=O) groups is 1. The first kappa shape index (κ1) is 18.1. The zero-order valence-electron chi connectivity index (χ0n) is 15.7. The molecular formula is C22H22N4O2. The molecule has 1 aliphatic heterocycles. The van der Waals surface area contributed by atoms with Crippen LogP contribution < -0.4 is 4.74 Å². The van der Waals surface area contributed by atoms with Crippen molar-refractivity contribution >= 4 is 5.91 Å². The Balaban J connectivity index is 1.57. The lowest BCUT2D eigenvalue weighted by Gasteiger charge is -2.38. The SMILES string of the molecule is C[C@@H]1CC[C@@H](Oc2ccccn2)CN1C(=O)c1ccccc1-c1ncccn1. The van der Waals surface area contributed by atoms with Gasteiger partial charge in [0.15, 0.2) is 5.82 Å². The Labute approximate surface area is 164 Å². The second kappa shape index (κ2) is 8.17. The molecule has 0 bridgehead atoms. The van der Waals surface area contributed by atoms with Gasteiger partial charge in [-0.1, -0.05) is 24.3 Å². The Hall–Kier alpha value is -3.28. The lowest BCUT2D eigenvalue weighted by molar-refractivity contribution is 0.0373. The number of hydrogen-bond acceptors (Lipinski definition) is 5. The molecular weight excluding hydrogens is 352 g/mol. The monoisotopic (exact) mass is 374 g/mol. The molecule has 0 unspecified atom stereocenters. The van der Waals surface area contributed by atoms with Crippen LogP contribution in [-0.4, -0.2) is 44.4 Å². The number of amides is 1. The summed E-state index contributed by atoms with van der Waals surface area (Å²) < 4.78 is 6.01. The topological polar surface area (TPSA) is 68.2 Å². The molecule has 0 radical (unpaired) electrons. The first-order valence-electron chi connectivity index (χ1n) is 9.47. The van der Waals surface area contributed by atoms with E-state index in [4.69, 9.17) is 4.74 Å². The summed E-state index contributed by atoms with van der Waals surface area (Å²) in [6, 6.07) is 15.0. The van der Waals surface area contributed by atoms with Crippen LogP contribution in [0.3, 0.4) is 0 Å². The van der Waals surface area contributed by atoms with E-state index in [1.165, 1.54) is 0 Å². The molecule has 3 heterocycles. The predicted molar refractivity (Wildman–Crippen MR) is 106 cm³/mol. The average molecular weight is 374 g/mol. The minimum Gasteiger partial charge on any atom is -0.472 e. The normalized spacial score (nSPS) is 19.2. The summed E-state index contributed by atoms with van der Waals surface area (Å²) >= 11 is 0. The lowest BCUT2D eigenvalue weighted by atomic mass is 9.98. The zero-order valence-corrected chi connectivity index (χ0v) is 15.7. The maximum atomic E-state index is 13.4. The summed E-state index contributed by atoms with van der Waals surface area (Å²) in [7, 11) is 0. The van der Waals surface area contributed by atoms with Gasteiger partial charge in [-0.3, -0.25) is 4.79 Å². The number of ether oxygens (including phenoxy) is 1. The Bertz CT molecular complexity index is 934. The van der Waals surface area contributed by atoms with Crippen molar-refractivity contribution in [3.05, 3.63) is 72.7 Å². The van der Waals surface area contributed by atoms with Crippen LogP contribution in [0.15, 0.2) is 67.1 Å². The van der Waals surface area contributed by atoms with E-state index in [9.17, 15) is 4.79 Å². The van der Waals surface area contributed by atoms with Crippen molar-refractivity contribution in [2.45, 2.75) is 31.9 Å².